The summed E-state index contributed by atoms with van der Waals surface area (Å²) in [4.78, 5) is 0. The molecule has 1 aliphatic carbocycles. The Morgan fingerprint density at radius 2 is 1.52 bits per heavy atom. The summed E-state index contributed by atoms with van der Waals surface area (Å²) in [5, 5.41) is 0. The van der Waals surface area contributed by atoms with E-state index in [1.54, 1.807) is 18.2 Å². The number of hydrogen-bond donors (Lipinski definition) is 0. The first kappa shape index (κ1) is 23.9. The van der Waals surface area contributed by atoms with Gasteiger partial charge in [0.15, 0.2) is 0 Å². The van der Waals surface area contributed by atoms with Crippen LogP contribution in [0.4, 0.5) is 13.2 Å². The van der Waals surface area contributed by atoms with Gasteiger partial charge in [-0.15, -0.1) is 0 Å². The molecule has 0 nitrogen and oxygen atoms in total. The number of rotatable bonds is 10. The summed E-state index contributed by atoms with van der Waals surface area (Å²) in [6.07, 6.45) is 11.8. The Balaban J connectivity index is 1.82. The second-order valence-corrected chi connectivity index (χ2v) is 9.38. The fraction of sp³-hybridized carbons (Fsp3) is 0.571. The third kappa shape index (κ3) is 5.73. The number of hydrogen-bond acceptors (Lipinski definition) is 0. The van der Waals surface area contributed by atoms with Crippen LogP contribution in [0.15, 0.2) is 42.5 Å². The van der Waals surface area contributed by atoms with E-state index in [2.05, 4.69) is 13.0 Å². The molecule has 170 valence electrons. The fourth-order valence-electron chi connectivity index (χ4n) is 5.14. The van der Waals surface area contributed by atoms with Gasteiger partial charge in [0.2, 0.25) is 0 Å². The van der Waals surface area contributed by atoms with Crippen LogP contribution in [0.5, 0.6) is 0 Å². The number of halogens is 3. The summed E-state index contributed by atoms with van der Waals surface area (Å²) in [5.41, 5.74) is 2.37. The Morgan fingerprint density at radius 1 is 0.839 bits per heavy atom. The molecule has 0 spiro atoms. The van der Waals surface area contributed by atoms with Gasteiger partial charge in [0.05, 0.1) is 0 Å². The lowest BCUT2D eigenvalue weighted by Gasteiger charge is -2.38. The first-order valence-corrected chi connectivity index (χ1v) is 12.2. The maximum Gasteiger partial charge on any atom is 0.273 e. The first-order chi connectivity index (χ1) is 14.9. The third-order valence-electron chi connectivity index (χ3n) is 7.11. The molecule has 0 amide bonds. The van der Waals surface area contributed by atoms with Crippen LogP contribution in [0, 0.1) is 5.82 Å². The normalized spacial score (nSPS) is 16.4. The van der Waals surface area contributed by atoms with Gasteiger partial charge >= 0.3 is 0 Å². The molecule has 0 aromatic heterocycles. The van der Waals surface area contributed by atoms with Gasteiger partial charge in [-0.05, 0) is 48.3 Å². The molecule has 1 saturated carbocycles. The van der Waals surface area contributed by atoms with Crippen LogP contribution in [0.3, 0.4) is 0 Å². The summed E-state index contributed by atoms with van der Waals surface area (Å²) in [6.45, 7) is 4.12. The molecule has 1 aliphatic rings. The quantitative estimate of drug-likeness (QED) is 0.329. The van der Waals surface area contributed by atoms with Crippen molar-refractivity contribution in [2.45, 2.75) is 102 Å². The fourth-order valence-corrected chi connectivity index (χ4v) is 5.14. The van der Waals surface area contributed by atoms with Gasteiger partial charge in [-0.2, -0.15) is 0 Å². The topological polar surface area (TPSA) is 0 Å². The summed E-state index contributed by atoms with van der Waals surface area (Å²) >= 11 is 0. The lowest BCUT2D eigenvalue weighted by Crippen LogP contribution is -2.29. The van der Waals surface area contributed by atoms with E-state index in [0.29, 0.717) is 17.5 Å². The minimum Gasteiger partial charge on any atom is -0.206 e. The van der Waals surface area contributed by atoms with Crippen molar-refractivity contribution in [3.8, 4) is 11.1 Å². The zero-order chi connectivity index (χ0) is 22.3. The van der Waals surface area contributed by atoms with Gasteiger partial charge < -0.3 is 0 Å². The molecule has 1 fully saturated rings. The second-order valence-electron chi connectivity index (χ2n) is 9.38. The molecule has 0 N–H and O–H groups in total. The van der Waals surface area contributed by atoms with Gasteiger partial charge in [-0.25, -0.2) is 13.2 Å². The standard InChI is InChI=1S/C28H37F3/c1-3-5-8-17-27(18-9-7-10-19-27)24-15-16-25(26(29)21-24)22-11-13-23(14-12-22)28(30,31)20-6-4-2/h11-16,21H,3-10,17-20H2,1-2H3. The van der Waals surface area contributed by atoms with Crippen LogP contribution in [-0.4, -0.2) is 0 Å². The van der Waals surface area contributed by atoms with Gasteiger partial charge in [0, 0.05) is 17.5 Å². The lowest BCUT2D eigenvalue weighted by molar-refractivity contribution is -0.0154. The molecule has 3 rings (SSSR count). The summed E-state index contributed by atoms with van der Waals surface area (Å²) < 4.78 is 43.8. The van der Waals surface area contributed by atoms with Crippen molar-refractivity contribution in [1.29, 1.82) is 0 Å². The molecular formula is C28H37F3. The molecule has 2 aromatic rings. The van der Waals surface area contributed by atoms with Crippen molar-refractivity contribution in [2.24, 2.45) is 0 Å². The zero-order valence-electron chi connectivity index (χ0n) is 19.2. The van der Waals surface area contributed by atoms with Crippen LogP contribution in [0.25, 0.3) is 11.1 Å². The van der Waals surface area contributed by atoms with Crippen LogP contribution in [0.2, 0.25) is 0 Å². The Bertz CT molecular complexity index is 817. The SMILES string of the molecule is CCCCCC1(c2ccc(-c3ccc(C(F)(F)CCCC)cc3)c(F)c2)CCCCC1. The van der Waals surface area contributed by atoms with E-state index in [4.69, 9.17) is 0 Å². The van der Waals surface area contributed by atoms with Crippen molar-refractivity contribution < 1.29 is 13.2 Å². The van der Waals surface area contributed by atoms with Crippen molar-refractivity contribution in [3.63, 3.8) is 0 Å². The van der Waals surface area contributed by atoms with Crippen LogP contribution in [-0.2, 0) is 11.3 Å². The zero-order valence-corrected chi connectivity index (χ0v) is 19.2. The van der Waals surface area contributed by atoms with Crippen LogP contribution in [0.1, 0.15) is 102 Å². The van der Waals surface area contributed by atoms with E-state index in [1.165, 1.54) is 50.7 Å². The van der Waals surface area contributed by atoms with E-state index in [1.807, 2.05) is 13.0 Å². The summed E-state index contributed by atoms with van der Waals surface area (Å²) in [7, 11) is 0. The first-order valence-electron chi connectivity index (χ1n) is 12.2. The highest BCUT2D eigenvalue weighted by atomic mass is 19.3. The molecule has 0 unspecified atom stereocenters. The predicted molar refractivity (Wildman–Crippen MR) is 124 cm³/mol. The van der Waals surface area contributed by atoms with E-state index >= 15 is 4.39 Å². The van der Waals surface area contributed by atoms with Crippen LogP contribution < -0.4 is 0 Å². The number of alkyl halides is 2. The molecule has 31 heavy (non-hydrogen) atoms. The highest BCUT2D eigenvalue weighted by Crippen LogP contribution is 2.44. The van der Waals surface area contributed by atoms with Crippen molar-refractivity contribution in [3.05, 3.63) is 59.4 Å². The molecule has 3 heteroatoms. The van der Waals surface area contributed by atoms with Crippen molar-refractivity contribution in [1.82, 2.24) is 0 Å². The largest absolute Gasteiger partial charge is 0.273 e. The highest BCUT2D eigenvalue weighted by Gasteiger charge is 2.34. The average Bonchev–Trinajstić information content (AvgIpc) is 2.78. The van der Waals surface area contributed by atoms with Gasteiger partial charge in [-0.1, -0.05) is 95.2 Å². The van der Waals surface area contributed by atoms with E-state index in [9.17, 15) is 8.78 Å². The summed E-state index contributed by atoms with van der Waals surface area (Å²) in [5.74, 6) is -3.08. The molecule has 0 saturated heterocycles. The molecule has 0 aliphatic heterocycles. The monoisotopic (exact) mass is 430 g/mol. The van der Waals surface area contributed by atoms with Gasteiger partial charge in [0.1, 0.15) is 5.82 Å². The van der Waals surface area contributed by atoms with Crippen molar-refractivity contribution >= 4 is 0 Å². The Kier molecular flexibility index (Phi) is 8.24. The number of unbranched alkanes of at least 4 members (excludes halogenated alkanes) is 3. The van der Waals surface area contributed by atoms with Gasteiger partial charge in [-0.3, -0.25) is 0 Å². The van der Waals surface area contributed by atoms with E-state index in [0.717, 1.165) is 31.2 Å². The Labute approximate surface area is 186 Å². The van der Waals surface area contributed by atoms with E-state index < -0.39 is 5.92 Å². The minimum absolute atomic E-state index is 0.0128. The lowest BCUT2D eigenvalue weighted by atomic mass is 9.66. The third-order valence-corrected chi connectivity index (χ3v) is 7.11. The van der Waals surface area contributed by atoms with Crippen molar-refractivity contribution in [2.75, 3.05) is 0 Å². The Morgan fingerprint density at radius 3 is 2.13 bits per heavy atom. The van der Waals surface area contributed by atoms with Crippen LogP contribution >= 0.6 is 0 Å². The maximum absolute atomic E-state index is 15.2. The minimum atomic E-state index is -2.83. The predicted octanol–water partition coefficient (Wildman–Crippen LogP) is 9.56. The molecule has 0 atom stereocenters. The smallest absolute Gasteiger partial charge is 0.206 e. The maximum atomic E-state index is 15.2. The summed E-state index contributed by atoms with van der Waals surface area (Å²) in [6, 6.07) is 11.8. The molecule has 0 radical (unpaired) electrons. The molecule has 2 aromatic carbocycles. The highest BCUT2D eigenvalue weighted by molar-refractivity contribution is 5.65. The average molecular weight is 431 g/mol. The molecule has 0 heterocycles. The molecular weight excluding hydrogens is 393 g/mol. The second kappa shape index (κ2) is 10.7. The number of benzene rings is 2. The van der Waals surface area contributed by atoms with E-state index in [-0.39, 0.29) is 23.2 Å². The Hall–Kier alpha value is -1.77. The van der Waals surface area contributed by atoms with Gasteiger partial charge in [0.25, 0.3) is 5.92 Å². The molecule has 0 bridgehead atoms.